The lowest BCUT2D eigenvalue weighted by Crippen LogP contribution is -1.94. The molecule has 1 nitrogen and oxygen atoms in total. The van der Waals surface area contributed by atoms with E-state index in [1.165, 1.54) is 41.2 Å². The monoisotopic (exact) mass is 291 g/mol. The highest BCUT2D eigenvalue weighted by molar-refractivity contribution is 5.84. The number of rotatable bonds is 5. The third kappa shape index (κ3) is 3.73. The van der Waals surface area contributed by atoms with Gasteiger partial charge in [-0.25, -0.2) is 0 Å². The molecular formula is C21H25N. The fourth-order valence-corrected chi connectivity index (χ4v) is 2.72. The van der Waals surface area contributed by atoms with Crippen LogP contribution in [0.15, 0.2) is 60.8 Å². The Bertz CT molecular complexity index is 708. The molecule has 0 atom stereocenters. The van der Waals surface area contributed by atoms with Gasteiger partial charge in [-0.15, -0.1) is 0 Å². The number of benzene rings is 2. The van der Waals surface area contributed by atoms with Gasteiger partial charge in [0, 0.05) is 18.0 Å². The molecule has 0 saturated heterocycles. The first-order valence-corrected chi connectivity index (χ1v) is 7.77. The van der Waals surface area contributed by atoms with Crippen LogP contribution in [-0.4, -0.2) is 4.98 Å². The molecule has 0 radical (unpaired) electrons. The van der Waals surface area contributed by atoms with Crippen molar-refractivity contribution in [2.24, 2.45) is 0 Å². The summed E-state index contributed by atoms with van der Waals surface area (Å²) in [5.74, 6) is 0. The standard InChI is InChI=1S/C20H21N.CH4/c1-2-3-6-16-9-11-17(12-10-16)15-20-19-8-5-4-7-18(19)13-14-21-20;/h4-5,7-14H,2-3,6,15H2,1H3;1H4. The molecule has 1 heteroatoms. The first-order valence-electron chi connectivity index (χ1n) is 7.77. The van der Waals surface area contributed by atoms with Gasteiger partial charge in [0.05, 0.1) is 5.69 Å². The van der Waals surface area contributed by atoms with Crippen molar-refractivity contribution in [2.45, 2.75) is 40.0 Å². The molecule has 1 aromatic heterocycles. The quantitative estimate of drug-likeness (QED) is 0.578. The Morgan fingerprint density at radius 1 is 0.864 bits per heavy atom. The van der Waals surface area contributed by atoms with Gasteiger partial charge in [-0.05, 0) is 35.4 Å². The minimum absolute atomic E-state index is 0. The van der Waals surface area contributed by atoms with Gasteiger partial charge in [-0.2, -0.15) is 0 Å². The number of hydrogen-bond acceptors (Lipinski definition) is 1. The zero-order chi connectivity index (χ0) is 14.5. The average Bonchev–Trinajstić information content (AvgIpc) is 2.55. The maximum absolute atomic E-state index is 4.57. The summed E-state index contributed by atoms with van der Waals surface area (Å²) in [5.41, 5.74) is 3.93. The lowest BCUT2D eigenvalue weighted by molar-refractivity contribution is 0.794. The molecule has 1 heterocycles. The molecule has 0 amide bonds. The van der Waals surface area contributed by atoms with Crippen molar-refractivity contribution in [3.8, 4) is 0 Å². The Morgan fingerprint density at radius 3 is 2.36 bits per heavy atom. The number of unbranched alkanes of at least 4 members (excludes halogenated alkanes) is 1. The molecule has 22 heavy (non-hydrogen) atoms. The molecule has 0 aliphatic rings. The Labute approximate surface area is 134 Å². The molecular weight excluding hydrogens is 266 g/mol. The molecule has 3 aromatic rings. The maximum atomic E-state index is 4.57. The number of nitrogens with zero attached hydrogens (tertiary/aromatic N) is 1. The van der Waals surface area contributed by atoms with Gasteiger partial charge in [-0.1, -0.05) is 69.3 Å². The Hall–Kier alpha value is -2.15. The summed E-state index contributed by atoms with van der Waals surface area (Å²) in [5, 5.41) is 2.53. The van der Waals surface area contributed by atoms with Gasteiger partial charge in [0.25, 0.3) is 0 Å². The second-order valence-electron chi connectivity index (χ2n) is 5.58. The molecule has 0 bridgehead atoms. The van der Waals surface area contributed by atoms with Crippen molar-refractivity contribution in [1.82, 2.24) is 4.98 Å². The maximum Gasteiger partial charge on any atom is 0.0525 e. The minimum atomic E-state index is 0. The molecule has 114 valence electrons. The Balaban J connectivity index is 0.00000176. The minimum Gasteiger partial charge on any atom is -0.260 e. The smallest absolute Gasteiger partial charge is 0.0525 e. The van der Waals surface area contributed by atoms with E-state index < -0.39 is 0 Å². The van der Waals surface area contributed by atoms with Gasteiger partial charge in [-0.3, -0.25) is 4.98 Å². The lowest BCUT2D eigenvalue weighted by atomic mass is 10.0. The van der Waals surface area contributed by atoms with Crippen LogP contribution in [-0.2, 0) is 12.8 Å². The van der Waals surface area contributed by atoms with Crippen molar-refractivity contribution in [3.63, 3.8) is 0 Å². The topological polar surface area (TPSA) is 12.9 Å². The van der Waals surface area contributed by atoms with Gasteiger partial charge in [0.1, 0.15) is 0 Å². The van der Waals surface area contributed by atoms with E-state index in [2.05, 4.69) is 66.5 Å². The highest BCUT2D eigenvalue weighted by Crippen LogP contribution is 2.19. The number of fused-ring (bicyclic) bond motifs is 1. The molecule has 2 aromatic carbocycles. The molecule has 0 aliphatic carbocycles. The second kappa shape index (κ2) is 7.74. The summed E-state index contributed by atoms with van der Waals surface area (Å²) >= 11 is 0. The van der Waals surface area contributed by atoms with E-state index in [1.54, 1.807) is 0 Å². The third-order valence-electron chi connectivity index (χ3n) is 3.97. The molecule has 3 rings (SSSR count). The normalized spacial score (nSPS) is 10.4. The van der Waals surface area contributed by atoms with Crippen LogP contribution in [0.1, 0.15) is 44.0 Å². The van der Waals surface area contributed by atoms with E-state index in [-0.39, 0.29) is 7.43 Å². The summed E-state index contributed by atoms with van der Waals surface area (Å²) in [7, 11) is 0. The molecule has 0 unspecified atom stereocenters. The molecule has 0 fully saturated rings. The van der Waals surface area contributed by atoms with E-state index in [0.717, 1.165) is 12.1 Å². The van der Waals surface area contributed by atoms with Gasteiger partial charge in [0.15, 0.2) is 0 Å². The summed E-state index contributed by atoms with van der Waals surface area (Å²) in [6, 6.07) is 19.6. The first kappa shape index (κ1) is 16.2. The van der Waals surface area contributed by atoms with Crippen molar-refractivity contribution in [2.75, 3.05) is 0 Å². The van der Waals surface area contributed by atoms with Gasteiger partial charge in [0.2, 0.25) is 0 Å². The van der Waals surface area contributed by atoms with Gasteiger partial charge >= 0.3 is 0 Å². The van der Waals surface area contributed by atoms with Crippen LogP contribution in [0.2, 0.25) is 0 Å². The third-order valence-corrected chi connectivity index (χ3v) is 3.97. The molecule has 0 N–H and O–H groups in total. The van der Waals surface area contributed by atoms with E-state index >= 15 is 0 Å². The van der Waals surface area contributed by atoms with Crippen LogP contribution in [0.25, 0.3) is 10.8 Å². The van der Waals surface area contributed by atoms with Crippen LogP contribution >= 0.6 is 0 Å². The fraction of sp³-hybridized carbons (Fsp3) is 0.286. The Kier molecular flexibility index (Phi) is 5.71. The SMILES string of the molecule is C.CCCCc1ccc(Cc2nccc3ccccc23)cc1. The van der Waals surface area contributed by atoms with E-state index in [9.17, 15) is 0 Å². The van der Waals surface area contributed by atoms with Crippen molar-refractivity contribution in [1.29, 1.82) is 0 Å². The fourth-order valence-electron chi connectivity index (χ4n) is 2.72. The number of hydrogen-bond donors (Lipinski definition) is 0. The van der Waals surface area contributed by atoms with Crippen LogP contribution in [0.3, 0.4) is 0 Å². The highest BCUT2D eigenvalue weighted by atomic mass is 14.7. The van der Waals surface area contributed by atoms with Crippen LogP contribution < -0.4 is 0 Å². The molecule has 0 saturated carbocycles. The van der Waals surface area contributed by atoms with Crippen LogP contribution in [0.4, 0.5) is 0 Å². The summed E-state index contributed by atoms with van der Waals surface area (Å²) in [6.45, 7) is 2.24. The molecule has 0 aliphatic heterocycles. The summed E-state index contributed by atoms with van der Waals surface area (Å²) < 4.78 is 0. The van der Waals surface area contributed by atoms with Gasteiger partial charge < -0.3 is 0 Å². The average molecular weight is 291 g/mol. The van der Waals surface area contributed by atoms with Crippen molar-refractivity contribution < 1.29 is 0 Å². The largest absolute Gasteiger partial charge is 0.260 e. The molecule has 0 spiro atoms. The highest BCUT2D eigenvalue weighted by Gasteiger charge is 2.03. The van der Waals surface area contributed by atoms with Crippen molar-refractivity contribution in [3.05, 3.63) is 77.6 Å². The predicted molar refractivity (Wildman–Crippen MR) is 96.3 cm³/mol. The first-order chi connectivity index (χ1) is 10.4. The van der Waals surface area contributed by atoms with E-state index in [1.807, 2.05) is 6.20 Å². The number of aryl methyl sites for hydroxylation is 1. The summed E-state index contributed by atoms with van der Waals surface area (Å²) in [4.78, 5) is 4.57. The zero-order valence-electron chi connectivity index (χ0n) is 12.5. The zero-order valence-corrected chi connectivity index (χ0v) is 12.5. The van der Waals surface area contributed by atoms with Crippen LogP contribution in [0, 0.1) is 0 Å². The number of aromatic nitrogens is 1. The van der Waals surface area contributed by atoms with E-state index in [4.69, 9.17) is 0 Å². The van der Waals surface area contributed by atoms with E-state index in [0.29, 0.717) is 0 Å². The Morgan fingerprint density at radius 2 is 1.59 bits per heavy atom. The van der Waals surface area contributed by atoms with Crippen LogP contribution in [0.5, 0.6) is 0 Å². The number of pyridine rings is 1. The lowest BCUT2D eigenvalue weighted by Gasteiger charge is -2.07. The van der Waals surface area contributed by atoms with Crippen molar-refractivity contribution >= 4 is 10.8 Å². The predicted octanol–water partition coefficient (Wildman–Crippen LogP) is 5.80. The summed E-state index contributed by atoms with van der Waals surface area (Å²) in [6.07, 6.45) is 6.51. The second-order valence-corrected chi connectivity index (χ2v) is 5.58.